The van der Waals surface area contributed by atoms with Crippen LogP contribution < -0.4 is 0 Å². The first kappa shape index (κ1) is 13.9. The van der Waals surface area contributed by atoms with E-state index in [1.54, 1.807) is 12.3 Å². The van der Waals surface area contributed by atoms with Crippen LogP contribution in [0.15, 0.2) is 48.7 Å². The molecular formula is C16H14N4O2. The zero-order valence-electron chi connectivity index (χ0n) is 12.0. The van der Waals surface area contributed by atoms with Gasteiger partial charge in [-0.25, -0.2) is 19.4 Å². The van der Waals surface area contributed by atoms with Crippen LogP contribution in [0.3, 0.4) is 0 Å². The molecule has 0 fully saturated rings. The molecule has 0 aliphatic carbocycles. The van der Waals surface area contributed by atoms with Crippen LogP contribution in [0, 0.1) is 0 Å². The van der Waals surface area contributed by atoms with Crippen molar-refractivity contribution in [2.45, 2.75) is 13.3 Å². The molecule has 6 nitrogen and oxygen atoms in total. The number of carboxylic acids is 1. The molecule has 0 saturated carbocycles. The van der Waals surface area contributed by atoms with E-state index in [9.17, 15) is 4.79 Å². The van der Waals surface area contributed by atoms with Gasteiger partial charge < -0.3 is 5.11 Å². The number of aryl methyl sites for hydroxylation is 1. The summed E-state index contributed by atoms with van der Waals surface area (Å²) in [5.41, 5.74) is 1.75. The first-order chi connectivity index (χ1) is 10.7. The smallest absolute Gasteiger partial charge is 0.356 e. The van der Waals surface area contributed by atoms with E-state index in [1.165, 1.54) is 10.7 Å². The van der Waals surface area contributed by atoms with Crippen LogP contribution in [0.25, 0.3) is 17.1 Å². The van der Waals surface area contributed by atoms with Gasteiger partial charge in [0, 0.05) is 24.2 Å². The van der Waals surface area contributed by atoms with Crippen molar-refractivity contribution in [3.8, 4) is 17.1 Å². The van der Waals surface area contributed by atoms with Gasteiger partial charge >= 0.3 is 5.97 Å². The number of aromatic nitrogens is 4. The van der Waals surface area contributed by atoms with Gasteiger partial charge in [0.15, 0.2) is 11.5 Å². The molecule has 1 N–H and O–H groups in total. The third kappa shape index (κ3) is 2.71. The average molecular weight is 294 g/mol. The summed E-state index contributed by atoms with van der Waals surface area (Å²) in [5.74, 6) is 0.175. The molecule has 0 aliphatic rings. The van der Waals surface area contributed by atoms with Gasteiger partial charge in [0.05, 0.1) is 5.69 Å². The SMILES string of the molecule is CCc1nc(-c2ccccc2)cc(-n2ccc(C(=O)O)n2)n1. The first-order valence-corrected chi connectivity index (χ1v) is 6.90. The molecule has 0 saturated heterocycles. The van der Waals surface area contributed by atoms with Gasteiger partial charge in [-0.3, -0.25) is 0 Å². The van der Waals surface area contributed by atoms with Crippen LogP contribution in [0.5, 0.6) is 0 Å². The summed E-state index contributed by atoms with van der Waals surface area (Å²) >= 11 is 0. The van der Waals surface area contributed by atoms with E-state index in [4.69, 9.17) is 5.11 Å². The molecule has 0 unspecified atom stereocenters. The Hall–Kier alpha value is -3.02. The maximum atomic E-state index is 10.9. The predicted molar refractivity (Wildman–Crippen MR) is 80.9 cm³/mol. The fraction of sp³-hybridized carbons (Fsp3) is 0.125. The summed E-state index contributed by atoms with van der Waals surface area (Å²) in [7, 11) is 0. The minimum absolute atomic E-state index is 0.0158. The molecule has 3 rings (SSSR count). The Morgan fingerprint density at radius 1 is 1.18 bits per heavy atom. The number of aromatic carboxylic acids is 1. The van der Waals surface area contributed by atoms with Gasteiger partial charge in [-0.1, -0.05) is 37.3 Å². The molecule has 0 radical (unpaired) electrons. The summed E-state index contributed by atoms with van der Waals surface area (Å²) in [5, 5.41) is 13.0. The maximum Gasteiger partial charge on any atom is 0.356 e. The zero-order chi connectivity index (χ0) is 15.5. The van der Waals surface area contributed by atoms with E-state index in [-0.39, 0.29) is 5.69 Å². The number of hydrogen-bond acceptors (Lipinski definition) is 4. The van der Waals surface area contributed by atoms with E-state index >= 15 is 0 Å². The Balaban J connectivity index is 2.09. The van der Waals surface area contributed by atoms with Crippen LogP contribution in [0.2, 0.25) is 0 Å². The lowest BCUT2D eigenvalue weighted by molar-refractivity contribution is 0.0690. The lowest BCUT2D eigenvalue weighted by Gasteiger charge is -2.07. The molecular weight excluding hydrogens is 280 g/mol. The van der Waals surface area contributed by atoms with Crippen molar-refractivity contribution in [2.24, 2.45) is 0 Å². The highest BCUT2D eigenvalue weighted by molar-refractivity contribution is 5.85. The highest BCUT2D eigenvalue weighted by Gasteiger charge is 2.11. The Bertz CT molecular complexity index is 812. The van der Waals surface area contributed by atoms with Gasteiger partial charge in [-0.05, 0) is 6.07 Å². The van der Waals surface area contributed by atoms with Crippen LogP contribution in [0.4, 0.5) is 0 Å². The molecule has 2 aromatic heterocycles. The van der Waals surface area contributed by atoms with Gasteiger partial charge in [-0.15, -0.1) is 0 Å². The normalized spacial score (nSPS) is 10.6. The molecule has 0 amide bonds. The van der Waals surface area contributed by atoms with Crippen molar-refractivity contribution in [1.29, 1.82) is 0 Å². The fourth-order valence-corrected chi connectivity index (χ4v) is 2.08. The highest BCUT2D eigenvalue weighted by atomic mass is 16.4. The number of carboxylic acid groups (broad SMARTS) is 1. The largest absolute Gasteiger partial charge is 0.476 e. The third-order valence-electron chi connectivity index (χ3n) is 3.19. The van der Waals surface area contributed by atoms with Crippen molar-refractivity contribution in [3.05, 3.63) is 60.2 Å². The molecule has 110 valence electrons. The molecule has 0 aliphatic heterocycles. The number of carbonyl (C=O) groups is 1. The van der Waals surface area contributed by atoms with Crippen molar-refractivity contribution < 1.29 is 9.90 Å². The standard InChI is InChI=1S/C16H14N4O2/c1-2-14-17-13(11-6-4-3-5-7-11)10-15(18-14)20-9-8-12(19-20)16(21)22/h3-10H,2H2,1H3,(H,21,22). The second kappa shape index (κ2) is 5.77. The minimum Gasteiger partial charge on any atom is -0.476 e. The summed E-state index contributed by atoms with van der Waals surface area (Å²) in [6.07, 6.45) is 2.26. The van der Waals surface area contributed by atoms with Crippen molar-refractivity contribution in [3.63, 3.8) is 0 Å². The molecule has 0 bridgehead atoms. The monoisotopic (exact) mass is 294 g/mol. The number of benzene rings is 1. The summed E-state index contributed by atoms with van der Waals surface area (Å²) in [6, 6.07) is 13.0. The van der Waals surface area contributed by atoms with Crippen molar-refractivity contribution in [1.82, 2.24) is 19.7 Å². The van der Waals surface area contributed by atoms with Crippen LogP contribution in [0.1, 0.15) is 23.2 Å². The van der Waals surface area contributed by atoms with Crippen molar-refractivity contribution in [2.75, 3.05) is 0 Å². The molecule has 0 atom stereocenters. The second-order valence-corrected chi connectivity index (χ2v) is 4.70. The second-order valence-electron chi connectivity index (χ2n) is 4.70. The fourth-order valence-electron chi connectivity index (χ4n) is 2.08. The lowest BCUT2D eigenvalue weighted by atomic mass is 10.1. The molecule has 6 heteroatoms. The molecule has 1 aromatic carbocycles. The van der Waals surface area contributed by atoms with Crippen molar-refractivity contribution >= 4 is 5.97 Å². The average Bonchev–Trinajstić information content (AvgIpc) is 3.05. The number of rotatable bonds is 4. The Morgan fingerprint density at radius 3 is 2.59 bits per heavy atom. The van der Waals surface area contributed by atoms with Crippen LogP contribution in [-0.4, -0.2) is 30.8 Å². The quantitative estimate of drug-likeness (QED) is 0.800. The van der Waals surface area contributed by atoms with E-state index in [0.717, 1.165) is 11.3 Å². The summed E-state index contributed by atoms with van der Waals surface area (Å²) < 4.78 is 1.46. The first-order valence-electron chi connectivity index (χ1n) is 6.90. The van der Waals surface area contributed by atoms with Gasteiger partial charge in [0.2, 0.25) is 0 Å². The van der Waals surface area contributed by atoms with Gasteiger partial charge in [0.1, 0.15) is 5.82 Å². The summed E-state index contributed by atoms with van der Waals surface area (Å²) in [4.78, 5) is 19.9. The van der Waals surface area contributed by atoms with E-state index in [2.05, 4.69) is 15.1 Å². The molecule has 22 heavy (non-hydrogen) atoms. The third-order valence-corrected chi connectivity index (χ3v) is 3.19. The molecule has 2 heterocycles. The Morgan fingerprint density at radius 2 is 1.95 bits per heavy atom. The number of nitrogens with zero attached hydrogens (tertiary/aromatic N) is 4. The molecule has 3 aromatic rings. The summed E-state index contributed by atoms with van der Waals surface area (Å²) in [6.45, 7) is 1.97. The predicted octanol–water partition coefficient (Wildman–Crippen LogP) is 2.59. The van der Waals surface area contributed by atoms with E-state index < -0.39 is 5.97 Å². The van der Waals surface area contributed by atoms with Gasteiger partial charge in [0.25, 0.3) is 0 Å². The van der Waals surface area contributed by atoms with Gasteiger partial charge in [-0.2, -0.15) is 5.10 Å². The van der Waals surface area contributed by atoms with E-state index in [0.29, 0.717) is 18.1 Å². The Kier molecular flexibility index (Phi) is 3.65. The van der Waals surface area contributed by atoms with Crippen LogP contribution >= 0.6 is 0 Å². The highest BCUT2D eigenvalue weighted by Crippen LogP contribution is 2.19. The topological polar surface area (TPSA) is 80.9 Å². The van der Waals surface area contributed by atoms with Crippen LogP contribution in [-0.2, 0) is 6.42 Å². The maximum absolute atomic E-state index is 10.9. The molecule has 0 spiro atoms. The minimum atomic E-state index is -1.06. The Labute approximate surface area is 127 Å². The lowest BCUT2D eigenvalue weighted by Crippen LogP contribution is -2.06. The zero-order valence-corrected chi connectivity index (χ0v) is 12.0. The number of hydrogen-bond donors (Lipinski definition) is 1. The van der Waals surface area contributed by atoms with E-state index in [1.807, 2.05) is 37.3 Å².